The third-order valence-electron chi connectivity index (χ3n) is 4.32. The minimum atomic E-state index is 0.381. The Labute approximate surface area is 117 Å². The first-order chi connectivity index (χ1) is 9.18. The second-order valence-electron chi connectivity index (χ2n) is 5.79. The zero-order valence-electron chi connectivity index (χ0n) is 12.6. The molecule has 1 aromatic heterocycles. The van der Waals surface area contributed by atoms with Crippen LogP contribution in [0, 0.1) is 0 Å². The maximum absolute atomic E-state index is 4.22. The number of rotatable bonds is 6. The van der Waals surface area contributed by atoms with Gasteiger partial charge in [0.25, 0.3) is 0 Å². The summed E-state index contributed by atoms with van der Waals surface area (Å²) in [7, 11) is 2.00. The number of nitrogens with one attached hydrogen (secondary N) is 1. The molecule has 4 nitrogen and oxygen atoms in total. The van der Waals surface area contributed by atoms with Gasteiger partial charge in [-0.2, -0.15) is 5.10 Å². The quantitative estimate of drug-likeness (QED) is 0.801. The van der Waals surface area contributed by atoms with Crippen LogP contribution < -0.4 is 5.32 Å². The molecule has 2 unspecified atom stereocenters. The van der Waals surface area contributed by atoms with Crippen molar-refractivity contribution in [2.24, 2.45) is 7.05 Å². The lowest BCUT2D eigenvalue weighted by Gasteiger charge is -2.33. The number of aromatic nitrogens is 2. The van der Waals surface area contributed by atoms with Gasteiger partial charge in [-0.05, 0) is 58.8 Å². The van der Waals surface area contributed by atoms with Crippen LogP contribution >= 0.6 is 0 Å². The molecule has 1 N–H and O–H groups in total. The highest BCUT2D eigenvalue weighted by Crippen LogP contribution is 2.16. The molecule has 0 amide bonds. The lowest BCUT2D eigenvalue weighted by molar-refractivity contribution is 0.158. The summed E-state index contributed by atoms with van der Waals surface area (Å²) >= 11 is 0. The van der Waals surface area contributed by atoms with Crippen molar-refractivity contribution < 1.29 is 0 Å². The van der Waals surface area contributed by atoms with Gasteiger partial charge in [0, 0.05) is 25.3 Å². The molecule has 0 spiro atoms. The zero-order valence-corrected chi connectivity index (χ0v) is 12.6. The molecule has 4 heteroatoms. The van der Waals surface area contributed by atoms with Crippen molar-refractivity contribution in [3.05, 3.63) is 18.0 Å². The molecule has 2 heterocycles. The van der Waals surface area contributed by atoms with Crippen molar-refractivity contribution in [3.63, 3.8) is 0 Å². The van der Waals surface area contributed by atoms with Gasteiger partial charge in [-0.1, -0.05) is 6.42 Å². The smallest absolute Gasteiger partial charge is 0.0547 e. The minimum Gasteiger partial charge on any atom is -0.309 e. The van der Waals surface area contributed by atoms with Gasteiger partial charge in [-0.15, -0.1) is 0 Å². The number of hydrogen-bond donors (Lipinski definition) is 1. The first kappa shape index (κ1) is 14.5. The number of aryl methyl sites for hydroxylation is 1. The predicted octanol–water partition coefficient (Wildman–Crippen LogP) is 2.34. The molecule has 1 aliphatic rings. The standard InChI is InChI=1S/C15H28N4/c1-13-7-4-5-11-19(13)12-6-9-16-14(2)15-8-10-17-18(15)3/h8,10,13-14,16H,4-7,9,11-12H2,1-3H3. The monoisotopic (exact) mass is 264 g/mol. The van der Waals surface area contributed by atoms with Gasteiger partial charge in [0.05, 0.1) is 5.69 Å². The van der Waals surface area contributed by atoms with Crippen molar-refractivity contribution in [2.45, 2.75) is 51.6 Å². The number of hydrogen-bond acceptors (Lipinski definition) is 3. The van der Waals surface area contributed by atoms with Crippen LogP contribution in [-0.4, -0.2) is 40.4 Å². The fourth-order valence-electron chi connectivity index (χ4n) is 3.00. The normalized spacial score (nSPS) is 22.6. The highest BCUT2D eigenvalue weighted by molar-refractivity contribution is 5.05. The average Bonchev–Trinajstić information content (AvgIpc) is 2.82. The number of piperidine rings is 1. The van der Waals surface area contributed by atoms with Crippen LogP contribution in [0.25, 0.3) is 0 Å². The molecule has 19 heavy (non-hydrogen) atoms. The van der Waals surface area contributed by atoms with Crippen LogP contribution in [0.4, 0.5) is 0 Å². The fourth-order valence-corrected chi connectivity index (χ4v) is 3.00. The Morgan fingerprint density at radius 3 is 3.00 bits per heavy atom. The Morgan fingerprint density at radius 1 is 1.47 bits per heavy atom. The van der Waals surface area contributed by atoms with E-state index < -0.39 is 0 Å². The molecule has 0 saturated carbocycles. The Morgan fingerprint density at radius 2 is 2.32 bits per heavy atom. The van der Waals surface area contributed by atoms with Gasteiger partial charge in [-0.3, -0.25) is 4.68 Å². The van der Waals surface area contributed by atoms with E-state index in [1.54, 1.807) is 0 Å². The molecule has 2 atom stereocenters. The summed E-state index contributed by atoms with van der Waals surface area (Å²) in [5.74, 6) is 0. The lowest BCUT2D eigenvalue weighted by atomic mass is 10.0. The van der Waals surface area contributed by atoms with E-state index in [0.717, 1.165) is 12.6 Å². The summed E-state index contributed by atoms with van der Waals surface area (Å²) in [6.07, 6.45) is 7.25. The highest BCUT2D eigenvalue weighted by atomic mass is 15.3. The fraction of sp³-hybridized carbons (Fsp3) is 0.800. The summed E-state index contributed by atoms with van der Waals surface area (Å²) in [5, 5.41) is 7.81. The van der Waals surface area contributed by atoms with Gasteiger partial charge < -0.3 is 10.2 Å². The highest BCUT2D eigenvalue weighted by Gasteiger charge is 2.17. The SMILES string of the molecule is CC(NCCCN1CCCCC1C)c1ccnn1C. The van der Waals surface area contributed by atoms with E-state index in [1.165, 1.54) is 44.5 Å². The van der Waals surface area contributed by atoms with Crippen molar-refractivity contribution in [1.29, 1.82) is 0 Å². The van der Waals surface area contributed by atoms with E-state index in [0.29, 0.717) is 6.04 Å². The molecular weight excluding hydrogens is 236 g/mol. The minimum absolute atomic E-state index is 0.381. The molecule has 0 aliphatic carbocycles. The number of nitrogens with zero attached hydrogens (tertiary/aromatic N) is 3. The third-order valence-corrected chi connectivity index (χ3v) is 4.32. The topological polar surface area (TPSA) is 33.1 Å². The summed E-state index contributed by atoms with van der Waals surface area (Å²) in [6.45, 7) is 8.17. The molecule has 0 aromatic carbocycles. The third kappa shape index (κ3) is 4.05. The largest absolute Gasteiger partial charge is 0.309 e. The van der Waals surface area contributed by atoms with E-state index in [4.69, 9.17) is 0 Å². The molecule has 1 saturated heterocycles. The second-order valence-corrected chi connectivity index (χ2v) is 5.79. The molecule has 1 fully saturated rings. The van der Waals surface area contributed by atoms with Gasteiger partial charge in [0.2, 0.25) is 0 Å². The Kier molecular flexibility index (Phi) is 5.40. The Hall–Kier alpha value is -0.870. The van der Waals surface area contributed by atoms with Crippen LogP contribution in [0.1, 0.15) is 51.3 Å². The lowest BCUT2D eigenvalue weighted by Crippen LogP contribution is -2.39. The Balaban J connectivity index is 1.65. The Bertz CT molecular complexity index is 374. The molecule has 108 valence electrons. The molecule has 1 aliphatic heterocycles. The second kappa shape index (κ2) is 7.06. The predicted molar refractivity (Wildman–Crippen MR) is 79.1 cm³/mol. The van der Waals surface area contributed by atoms with Crippen molar-refractivity contribution in [2.75, 3.05) is 19.6 Å². The maximum atomic E-state index is 4.22. The van der Waals surface area contributed by atoms with Crippen LogP contribution in [0.3, 0.4) is 0 Å². The van der Waals surface area contributed by atoms with Crippen LogP contribution in [0.2, 0.25) is 0 Å². The number of likely N-dealkylation sites (tertiary alicyclic amines) is 1. The molecule has 2 rings (SSSR count). The zero-order chi connectivity index (χ0) is 13.7. The molecule has 1 aromatic rings. The van der Waals surface area contributed by atoms with Gasteiger partial charge in [0.15, 0.2) is 0 Å². The summed E-state index contributed by atoms with van der Waals surface area (Å²) in [4.78, 5) is 2.64. The first-order valence-corrected chi connectivity index (χ1v) is 7.64. The first-order valence-electron chi connectivity index (χ1n) is 7.64. The van der Waals surface area contributed by atoms with E-state index in [1.807, 2.05) is 17.9 Å². The maximum Gasteiger partial charge on any atom is 0.0547 e. The average molecular weight is 264 g/mol. The molecule has 0 radical (unpaired) electrons. The summed E-state index contributed by atoms with van der Waals surface area (Å²) in [6, 6.07) is 3.25. The van der Waals surface area contributed by atoms with Crippen LogP contribution in [0.15, 0.2) is 12.3 Å². The van der Waals surface area contributed by atoms with Gasteiger partial charge in [-0.25, -0.2) is 0 Å². The van der Waals surface area contributed by atoms with Gasteiger partial charge >= 0.3 is 0 Å². The van der Waals surface area contributed by atoms with Gasteiger partial charge in [0.1, 0.15) is 0 Å². The van der Waals surface area contributed by atoms with Crippen LogP contribution in [0.5, 0.6) is 0 Å². The van der Waals surface area contributed by atoms with Crippen LogP contribution in [-0.2, 0) is 7.05 Å². The van der Waals surface area contributed by atoms with Crippen molar-refractivity contribution in [3.8, 4) is 0 Å². The molecular formula is C15H28N4. The van der Waals surface area contributed by atoms with E-state index in [9.17, 15) is 0 Å². The van der Waals surface area contributed by atoms with E-state index in [2.05, 4.69) is 35.2 Å². The van der Waals surface area contributed by atoms with Crippen molar-refractivity contribution in [1.82, 2.24) is 20.0 Å². The molecule has 0 bridgehead atoms. The summed E-state index contributed by atoms with van der Waals surface area (Å²) < 4.78 is 1.95. The van der Waals surface area contributed by atoms with Crippen molar-refractivity contribution >= 4 is 0 Å². The van der Waals surface area contributed by atoms with E-state index in [-0.39, 0.29) is 0 Å². The van der Waals surface area contributed by atoms with E-state index >= 15 is 0 Å². The summed E-state index contributed by atoms with van der Waals surface area (Å²) in [5.41, 5.74) is 1.26.